The van der Waals surface area contributed by atoms with Gasteiger partial charge in [0.2, 0.25) is 0 Å². The highest BCUT2D eigenvalue weighted by Crippen LogP contribution is 2.64. The van der Waals surface area contributed by atoms with Gasteiger partial charge < -0.3 is 4.74 Å². The molecule has 0 aromatic rings. The molecule has 0 spiro atoms. The van der Waals surface area contributed by atoms with Gasteiger partial charge in [0.15, 0.2) is 0 Å². The molecule has 0 saturated heterocycles. The molecule has 0 aromatic heterocycles. The van der Waals surface area contributed by atoms with Crippen LogP contribution in [0.3, 0.4) is 0 Å². The zero-order valence-electron chi connectivity index (χ0n) is 9.68. The summed E-state index contributed by atoms with van der Waals surface area (Å²) in [4.78, 5) is 10.5. The quantitative estimate of drug-likeness (QED) is 0.539. The lowest BCUT2D eigenvalue weighted by Crippen LogP contribution is -2.60. The first-order chi connectivity index (χ1) is 6.86. The van der Waals surface area contributed by atoms with Gasteiger partial charge in [0.1, 0.15) is 6.61 Å². The number of hydrogen-bond donors (Lipinski definition) is 0. The molecule has 0 aliphatic heterocycles. The molecular weight excluding hydrogens is 212 g/mol. The summed E-state index contributed by atoms with van der Waals surface area (Å²) in [5.41, 5.74) is 0.333. The Morgan fingerprint density at radius 1 is 1.53 bits per heavy atom. The van der Waals surface area contributed by atoms with Gasteiger partial charge in [-0.25, -0.2) is 0 Å². The van der Waals surface area contributed by atoms with Gasteiger partial charge in [-0.15, -0.1) is 11.6 Å². The predicted octanol–water partition coefficient (Wildman–Crippen LogP) is 2.98. The Bertz CT molecular complexity index is 285. The van der Waals surface area contributed by atoms with Crippen molar-refractivity contribution in [3.8, 4) is 0 Å². The van der Waals surface area contributed by atoms with Crippen LogP contribution in [0.4, 0.5) is 0 Å². The summed E-state index contributed by atoms with van der Waals surface area (Å²) in [6, 6.07) is 0. The number of hydrogen-bond acceptors (Lipinski definition) is 2. The number of esters is 1. The van der Waals surface area contributed by atoms with Gasteiger partial charge in [0.05, 0.1) is 4.87 Å². The van der Waals surface area contributed by atoms with Crippen molar-refractivity contribution in [2.75, 3.05) is 6.61 Å². The fourth-order valence-corrected chi connectivity index (χ4v) is 3.90. The highest BCUT2D eigenvalue weighted by molar-refractivity contribution is 6.24. The van der Waals surface area contributed by atoms with Crippen molar-refractivity contribution < 1.29 is 9.53 Å². The molecule has 0 radical (unpaired) electrons. The van der Waals surface area contributed by atoms with Crippen molar-refractivity contribution >= 4 is 17.6 Å². The van der Waals surface area contributed by atoms with Crippen LogP contribution in [0, 0.1) is 17.3 Å². The Morgan fingerprint density at radius 3 is 2.67 bits per heavy atom. The van der Waals surface area contributed by atoms with E-state index in [0.717, 1.165) is 12.3 Å². The second-order valence-corrected chi connectivity index (χ2v) is 6.41. The topological polar surface area (TPSA) is 26.3 Å². The number of carbonyl (C=O) groups excluding carboxylic acids is 1. The van der Waals surface area contributed by atoms with Crippen LogP contribution < -0.4 is 0 Å². The van der Waals surface area contributed by atoms with E-state index in [1.165, 1.54) is 19.8 Å². The third kappa shape index (κ3) is 1.67. The summed E-state index contributed by atoms with van der Waals surface area (Å²) in [5, 5.41) is 0. The van der Waals surface area contributed by atoms with E-state index in [2.05, 4.69) is 13.8 Å². The maximum atomic E-state index is 10.8. The maximum absolute atomic E-state index is 10.8. The molecule has 3 atom stereocenters. The lowest BCUT2D eigenvalue weighted by atomic mass is 9.45. The van der Waals surface area contributed by atoms with Gasteiger partial charge in [-0.3, -0.25) is 4.79 Å². The lowest BCUT2D eigenvalue weighted by Gasteiger charge is -2.63. The summed E-state index contributed by atoms with van der Waals surface area (Å²) >= 11 is 6.61. The van der Waals surface area contributed by atoms with Crippen LogP contribution in [0.2, 0.25) is 0 Å². The Kier molecular flexibility index (Phi) is 2.53. The molecule has 3 saturated carbocycles. The van der Waals surface area contributed by atoms with Crippen molar-refractivity contribution in [1.29, 1.82) is 0 Å². The van der Waals surface area contributed by atoms with E-state index in [9.17, 15) is 4.79 Å². The van der Waals surface area contributed by atoms with Gasteiger partial charge in [0.25, 0.3) is 0 Å². The van der Waals surface area contributed by atoms with Crippen LogP contribution in [0.5, 0.6) is 0 Å². The second kappa shape index (κ2) is 3.38. The van der Waals surface area contributed by atoms with Gasteiger partial charge in [-0.05, 0) is 36.5 Å². The van der Waals surface area contributed by atoms with E-state index in [1.807, 2.05) is 0 Å². The van der Waals surface area contributed by atoms with Gasteiger partial charge >= 0.3 is 5.97 Å². The summed E-state index contributed by atoms with van der Waals surface area (Å²) in [7, 11) is 0. The molecule has 0 amide bonds. The maximum Gasteiger partial charge on any atom is 0.302 e. The number of rotatable bonds is 2. The Balaban J connectivity index is 2.05. The largest absolute Gasteiger partial charge is 0.464 e. The summed E-state index contributed by atoms with van der Waals surface area (Å²) in [6.45, 7) is 6.40. The first-order valence-electron chi connectivity index (χ1n) is 5.68. The first kappa shape index (κ1) is 11.3. The fraction of sp³-hybridized carbons (Fsp3) is 0.917. The van der Waals surface area contributed by atoms with Crippen LogP contribution in [0.15, 0.2) is 0 Å². The number of alkyl halides is 1. The van der Waals surface area contributed by atoms with Crippen molar-refractivity contribution in [3.05, 3.63) is 0 Å². The molecule has 3 heteroatoms. The van der Waals surface area contributed by atoms with Crippen molar-refractivity contribution in [2.45, 2.75) is 44.9 Å². The second-order valence-electron chi connectivity index (χ2n) is 5.66. The van der Waals surface area contributed by atoms with Crippen LogP contribution in [0.25, 0.3) is 0 Å². The third-order valence-corrected chi connectivity index (χ3v) is 5.08. The molecule has 2 bridgehead atoms. The third-order valence-electron chi connectivity index (χ3n) is 4.52. The van der Waals surface area contributed by atoms with Crippen molar-refractivity contribution in [1.82, 2.24) is 0 Å². The normalized spacial score (nSPS) is 41.9. The molecule has 15 heavy (non-hydrogen) atoms. The predicted molar refractivity (Wildman–Crippen MR) is 59.8 cm³/mol. The molecule has 3 aliphatic rings. The number of ether oxygens (including phenoxy) is 1. The Morgan fingerprint density at radius 2 is 2.20 bits per heavy atom. The van der Waals surface area contributed by atoms with Crippen LogP contribution in [0.1, 0.15) is 40.0 Å². The Labute approximate surface area is 96.3 Å². The molecular formula is C12H19ClO2. The van der Waals surface area contributed by atoms with E-state index in [1.54, 1.807) is 0 Å². The zero-order chi connectivity index (χ0) is 11.3. The van der Waals surface area contributed by atoms with Crippen LogP contribution in [-0.2, 0) is 9.53 Å². The summed E-state index contributed by atoms with van der Waals surface area (Å²) in [5.74, 6) is 1.10. The smallest absolute Gasteiger partial charge is 0.302 e. The molecule has 3 rings (SSSR count). The fourth-order valence-electron chi connectivity index (χ4n) is 3.37. The highest BCUT2D eigenvalue weighted by Gasteiger charge is 2.60. The van der Waals surface area contributed by atoms with E-state index in [4.69, 9.17) is 16.3 Å². The number of halogens is 1. The average molecular weight is 231 g/mol. The molecule has 2 nitrogen and oxygen atoms in total. The standard InChI is InChI=1S/C12H19ClO2/c1-8(14)15-7-12(13)5-4-9-6-10(12)11(9,2)3/h9-10H,4-7H2,1-3H3/t9-,10+,12?/m1/s1. The minimum Gasteiger partial charge on any atom is -0.464 e. The minimum atomic E-state index is -0.302. The highest BCUT2D eigenvalue weighted by atomic mass is 35.5. The van der Waals surface area contributed by atoms with E-state index in [-0.39, 0.29) is 10.8 Å². The van der Waals surface area contributed by atoms with Crippen LogP contribution in [-0.4, -0.2) is 17.5 Å². The SMILES string of the molecule is CC(=O)OCC1(Cl)CC[C@@H]2C[C@H]1C2(C)C. The lowest BCUT2D eigenvalue weighted by molar-refractivity contribution is -0.150. The van der Waals surface area contributed by atoms with Crippen LogP contribution >= 0.6 is 11.6 Å². The van der Waals surface area contributed by atoms with Gasteiger partial charge in [-0.1, -0.05) is 13.8 Å². The number of fused-ring (bicyclic) bond motifs is 2. The average Bonchev–Trinajstić information content (AvgIpc) is 2.14. The minimum absolute atomic E-state index is 0.228. The zero-order valence-corrected chi connectivity index (χ0v) is 10.4. The van der Waals surface area contributed by atoms with E-state index >= 15 is 0 Å². The number of carbonyl (C=O) groups is 1. The summed E-state index contributed by atoms with van der Waals surface area (Å²) < 4.78 is 5.10. The van der Waals surface area contributed by atoms with E-state index in [0.29, 0.717) is 17.9 Å². The van der Waals surface area contributed by atoms with Gasteiger partial charge in [-0.2, -0.15) is 0 Å². The summed E-state index contributed by atoms with van der Waals surface area (Å²) in [6.07, 6.45) is 3.37. The molecule has 1 unspecified atom stereocenters. The van der Waals surface area contributed by atoms with E-state index < -0.39 is 0 Å². The van der Waals surface area contributed by atoms with Crippen molar-refractivity contribution in [2.24, 2.45) is 17.3 Å². The molecule has 0 N–H and O–H groups in total. The molecule has 0 heterocycles. The Hall–Kier alpha value is -0.240. The molecule has 0 aromatic carbocycles. The molecule has 86 valence electrons. The molecule has 3 fully saturated rings. The first-order valence-corrected chi connectivity index (χ1v) is 6.06. The molecule has 3 aliphatic carbocycles. The monoisotopic (exact) mass is 230 g/mol. The van der Waals surface area contributed by atoms with Crippen molar-refractivity contribution in [3.63, 3.8) is 0 Å². The van der Waals surface area contributed by atoms with Gasteiger partial charge in [0, 0.05) is 6.92 Å².